The van der Waals surface area contributed by atoms with Crippen molar-refractivity contribution in [3.8, 4) is 22.7 Å². The zero-order chi connectivity index (χ0) is 19.9. The molecule has 0 saturated heterocycles. The zero-order valence-electron chi connectivity index (χ0n) is 14.3. The molecule has 0 fully saturated rings. The van der Waals surface area contributed by atoms with Gasteiger partial charge in [0, 0.05) is 16.9 Å². The lowest BCUT2D eigenvalue weighted by Gasteiger charge is -2.19. The molecular formula is C19H14F3N3O3. The predicted octanol–water partition coefficient (Wildman–Crippen LogP) is 4.63. The van der Waals surface area contributed by atoms with Gasteiger partial charge in [-0.2, -0.15) is 0 Å². The van der Waals surface area contributed by atoms with E-state index in [1.165, 1.54) is 12.1 Å². The third-order valence-electron chi connectivity index (χ3n) is 4.46. The minimum absolute atomic E-state index is 0.283. The number of hydrogen-bond acceptors (Lipinski definition) is 3. The number of aromatic nitrogens is 2. The topological polar surface area (TPSA) is 76.4 Å². The van der Waals surface area contributed by atoms with Crippen molar-refractivity contribution >= 4 is 11.8 Å². The van der Waals surface area contributed by atoms with E-state index in [1.807, 2.05) is 10.6 Å². The average Bonchev–Trinajstić information content (AvgIpc) is 3.04. The van der Waals surface area contributed by atoms with Crippen LogP contribution in [0.3, 0.4) is 0 Å². The van der Waals surface area contributed by atoms with Gasteiger partial charge in [-0.3, -0.25) is 5.32 Å². The Morgan fingerprint density at radius 2 is 1.89 bits per heavy atom. The van der Waals surface area contributed by atoms with Crippen molar-refractivity contribution in [1.29, 1.82) is 0 Å². The van der Waals surface area contributed by atoms with Crippen LogP contribution in [-0.2, 0) is 12.8 Å². The van der Waals surface area contributed by atoms with Crippen LogP contribution in [-0.4, -0.2) is 27.1 Å². The van der Waals surface area contributed by atoms with Gasteiger partial charge in [0.25, 0.3) is 0 Å². The van der Waals surface area contributed by atoms with Gasteiger partial charge in [-0.1, -0.05) is 6.07 Å². The number of benzene rings is 2. The van der Waals surface area contributed by atoms with Gasteiger partial charge < -0.3 is 14.4 Å². The fourth-order valence-electron chi connectivity index (χ4n) is 3.35. The van der Waals surface area contributed by atoms with Crippen molar-refractivity contribution < 1.29 is 27.8 Å². The highest BCUT2D eigenvalue weighted by atomic mass is 19.4. The molecule has 0 bridgehead atoms. The molecule has 1 amide bonds. The SMILES string of the molecule is O=C(O)Nc1ccc2c(c1)CCc1c-2ncn1-c1ccc(OC(F)(F)F)cc1. The number of anilines is 1. The van der Waals surface area contributed by atoms with Crippen LogP contribution in [0.1, 0.15) is 11.3 Å². The third-order valence-corrected chi connectivity index (χ3v) is 4.46. The van der Waals surface area contributed by atoms with E-state index < -0.39 is 12.5 Å². The Morgan fingerprint density at radius 1 is 1.14 bits per heavy atom. The molecule has 0 saturated carbocycles. The molecule has 0 unspecified atom stereocenters. The second kappa shape index (κ2) is 6.59. The molecule has 0 atom stereocenters. The van der Waals surface area contributed by atoms with Crippen molar-refractivity contribution in [3.63, 3.8) is 0 Å². The molecule has 0 spiro atoms. The standard InChI is InChI=1S/C19H14F3N3O3/c20-19(21,22)28-14-5-3-13(4-6-14)25-10-23-17-15-7-2-12(24-18(26)27)9-11(15)1-8-16(17)25/h2-7,9-10,24H,1,8H2,(H,26,27). The van der Waals surface area contributed by atoms with Crippen LogP contribution in [0.5, 0.6) is 5.75 Å². The molecule has 9 heteroatoms. The Kier molecular flexibility index (Phi) is 4.21. The summed E-state index contributed by atoms with van der Waals surface area (Å²) >= 11 is 0. The van der Waals surface area contributed by atoms with Gasteiger partial charge in [-0.15, -0.1) is 13.2 Å². The van der Waals surface area contributed by atoms with Crippen LogP contribution in [0.15, 0.2) is 48.8 Å². The molecule has 1 aromatic heterocycles. The number of halogens is 3. The summed E-state index contributed by atoms with van der Waals surface area (Å²) in [4.78, 5) is 15.3. The Labute approximate surface area is 157 Å². The lowest BCUT2D eigenvalue weighted by molar-refractivity contribution is -0.274. The zero-order valence-corrected chi connectivity index (χ0v) is 14.3. The largest absolute Gasteiger partial charge is 0.573 e. The highest BCUT2D eigenvalue weighted by molar-refractivity contribution is 5.84. The summed E-state index contributed by atoms with van der Waals surface area (Å²) in [5.74, 6) is -0.283. The average molecular weight is 389 g/mol. The first-order valence-corrected chi connectivity index (χ1v) is 8.36. The van der Waals surface area contributed by atoms with Crippen LogP contribution in [0.4, 0.5) is 23.7 Å². The fourth-order valence-corrected chi connectivity index (χ4v) is 3.35. The van der Waals surface area contributed by atoms with Gasteiger partial charge >= 0.3 is 12.5 Å². The molecule has 2 N–H and O–H groups in total. The maximum absolute atomic E-state index is 12.3. The fraction of sp³-hybridized carbons (Fsp3) is 0.158. The van der Waals surface area contributed by atoms with E-state index >= 15 is 0 Å². The van der Waals surface area contributed by atoms with Gasteiger partial charge in [0.15, 0.2) is 0 Å². The second-order valence-electron chi connectivity index (χ2n) is 6.25. The molecule has 6 nitrogen and oxygen atoms in total. The van der Waals surface area contributed by atoms with Crippen LogP contribution >= 0.6 is 0 Å². The van der Waals surface area contributed by atoms with Gasteiger partial charge in [-0.25, -0.2) is 9.78 Å². The number of carboxylic acid groups (broad SMARTS) is 1. The number of alkyl halides is 3. The van der Waals surface area contributed by atoms with E-state index in [-0.39, 0.29) is 5.75 Å². The van der Waals surface area contributed by atoms with E-state index in [9.17, 15) is 18.0 Å². The van der Waals surface area contributed by atoms with Crippen molar-refractivity contribution in [2.45, 2.75) is 19.2 Å². The molecule has 1 aliphatic rings. The molecule has 4 rings (SSSR count). The maximum Gasteiger partial charge on any atom is 0.573 e. The molecule has 1 heterocycles. The van der Waals surface area contributed by atoms with Gasteiger partial charge in [0.2, 0.25) is 0 Å². The second-order valence-corrected chi connectivity index (χ2v) is 6.25. The van der Waals surface area contributed by atoms with Crippen LogP contribution < -0.4 is 10.1 Å². The smallest absolute Gasteiger partial charge is 0.465 e. The quantitative estimate of drug-likeness (QED) is 0.685. The van der Waals surface area contributed by atoms with Crippen molar-refractivity contribution in [3.05, 3.63) is 60.0 Å². The van der Waals surface area contributed by atoms with Gasteiger partial charge in [0.05, 0.1) is 11.4 Å². The van der Waals surface area contributed by atoms with E-state index in [2.05, 4.69) is 15.0 Å². The number of fused-ring (bicyclic) bond motifs is 3. The number of nitrogens with zero attached hydrogens (tertiary/aromatic N) is 2. The monoisotopic (exact) mass is 389 g/mol. The summed E-state index contributed by atoms with van der Waals surface area (Å²) in [6.07, 6.45) is -2.87. The van der Waals surface area contributed by atoms with Crippen LogP contribution in [0, 0.1) is 0 Å². The van der Waals surface area contributed by atoms with Crippen molar-refractivity contribution in [1.82, 2.24) is 9.55 Å². The van der Waals surface area contributed by atoms with E-state index in [4.69, 9.17) is 5.11 Å². The lowest BCUT2D eigenvalue weighted by Crippen LogP contribution is -2.17. The summed E-state index contributed by atoms with van der Waals surface area (Å²) in [5.41, 5.74) is 4.78. The number of ether oxygens (including phenoxy) is 1. The van der Waals surface area contributed by atoms with Crippen LogP contribution in [0.2, 0.25) is 0 Å². The number of nitrogens with one attached hydrogen (secondary N) is 1. The first kappa shape index (κ1) is 17.9. The molecular weight excluding hydrogens is 375 g/mol. The Hall–Kier alpha value is -3.49. The number of aryl methyl sites for hydroxylation is 1. The lowest BCUT2D eigenvalue weighted by atomic mass is 9.91. The minimum Gasteiger partial charge on any atom is -0.465 e. The van der Waals surface area contributed by atoms with E-state index in [1.54, 1.807) is 30.6 Å². The summed E-state index contributed by atoms with van der Waals surface area (Å²) in [5, 5.41) is 11.2. The van der Waals surface area contributed by atoms with E-state index in [0.717, 1.165) is 22.5 Å². The molecule has 144 valence electrons. The normalized spacial score (nSPS) is 12.8. The summed E-state index contributed by atoms with van der Waals surface area (Å²) in [6, 6.07) is 10.9. The van der Waals surface area contributed by atoms with Crippen LogP contribution in [0.25, 0.3) is 16.9 Å². The number of hydrogen-bond donors (Lipinski definition) is 2. The molecule has 0 aliphatic heterocycles. The summed E-state index contributed by atoms with van der Waals surface area (Å²) in [7, 11) is 0. The third kappa shape index (κ3) is 3.51. The summed E-state index contributed by atoms with van der Waals surface area (Å²) in [6.45, 7) is 0. The number of imidazole rings is 1. The number of amides is 1. The predicted molar refractivity (Wildman–Crippen MR) is 94.7 cm³/mol. The Balaban J connectivity index is 1.64. The van der Waals surface area contributed by atoms with Gasteiger partial charge in [-0.05, 0) is 54.8 Å². The molecule has 3 aromatic rings. The van der Waals surface area contributed by atoms with Crippen molar-refractivity contribution in [2.75, 3.05) is 5.32 Å². The molecule has 0 radical (unpaired) electrons. The minimum atomic E-state index is -4.73. The maximum atomic E-state index is 12.3. The first-order valence-electron chi connectivity index (χ1n) is 8.36. The molecule has 1 aliphatic carbocycles. The molecule has 28 heavy (non-hydrogen) atoms. The number of rotatable bonds is 3. The Bertz CT molecular complexity index is 1040. The van der Waals surface area contributed by atoms with E-state index in [0.29, 0.717) is 24.2 Å². The first-order chi connectivity index (χ1) is 13.3. The van der Waals surface area contributed by atoms with Crippen molar-refractivity contribution in [2.24, 2.45) is 0 Å². The highest BCUT2D eigenvalue weighted by Crippen LogP contribution is 2.35. The Morgan fingerprint density at radius 3 is 2.57 bits per heavy atom. The highest BCUT2D eigenvalue weighted by Gasteiger charge is 2.31. The van der Waals surface area contributed by atoms with Gasteiger partial charge in [0.1, 0.15) is 12.1 Å². The summed E-state index contributed by atoms with van der Waals surface area (Å²) < 4.78 is 42.6. The number of carbonyl (C=O) groups is 1. The molecule has 2 aromatic carbocycles.